The smallest absolute Gasteiger partial charge is 0.309 e. The van der Waals surface area contributed by atoms with Crippen LogP contribution in [0, 0.1) is 5.41 Å². The summed E-state index contributed by atoms with van der Waals surface area (Å²) in [6.45, 7) is 7.92. The van der Waals surface area contributed by atoms with E-state index in [9.17, 15) is 19.5 Å². The molecule has 8 nitrogen and oxygen atoms in total. The number of fused-ring (bicyclic) bond motifs is 1. The van der Waals surface area contributed by atoms with Gasteiger partial charge in [0.05, 0.1) is 29.8 Å². The summed E-state index contributed by atoms with van der Waals surface area (Å²) >= 11 is 6.05. The quantitative estimate of drug-likeness (QED) is 0.333. The van der Waals surface area contributed by atoms with Crippen molar-refractivity contribution in [2.75, 3.05) is 23.0 Å². The molecule has 0 bridgehead atoms. The molecule has 2 atom stereocenters. The number of anilines is 2. The Bertz CT molecular complexity index is 1370. The van der Waals surface area contributed by atoms with E-state index < -0.39 is 17.3 Å². The van der Waals surface area contributed by atoms with Crippen LogP contribution in [-0.2, 0) is 9.59 Å². The molecule has 0 aliphatic carbocycles. The zero-order valence-corrected chi connectivity index (χ0v) is 23.9. The Hall–Kier alpha value is -3.91. The lowest BCUT2D eigenvalue weighted by Gasteiger charge is -2.40. The Balaban J connectivity index is 1.53. The maximum Gasteiger partial charge on any atom is 0.309 e. The van der Waals surface area contributed by atoms with Crippen LogP contribution in [0.25, 0.3) is 0 Å². The predicted molar refractivity (Wildman–Crippen MR) is 155 cm³/mol. The highest BCUT2D eigenvalue weighted by atomic mass is 35.5. The number of hydrogen-bond donors (Lipinski definition) is 1. The van der Waals surface area contributed by atoms with Gasteiger partial charge in [0.1, 0.15) is 5.75 Å². The fourth-order valence-electron chi connectivity index (χ4n) is 4.89. The molecule has 0 radical (unpaired) electrons. The monoisotopic (exact) mass is 563 g/mol. The fourth-order valence-corrected chi connectivity index (χ4v) is 5.01. The van der Waals surface area contributed by atoms with Gasteiger partial charge in [-0.1, -0.05) is 11.6 Å². The van der Waals surface area contributed by atoms with Crippen LogP contribution in [0.1, 0.15) is 62.4 Å². The van der Waals surface area contributed by atoms with Crippen molar-refractivity contribution in [3.8, 4) is 5.75 Å². The maximum atomic E-state index is 13.8. The van der Waals surface area contributed by atoms with E-state index in [-0.39, 0.29) is 24.5 Å². The number of likely N-dealkylation sites (N-methyl/N-ethyl adjacent to an activating group) is 1. The lowest BCUT2D eigenvalue weighted by molar-refractivity contribution is -0.147. The van der Waals surface area contributed by atoms with E-state index in [1.54, 1.807) is 72.4 Å². The Labute approximate surface area is 239 Å². The number of pyridine rings is 1. The van der Waals surface area contributed by atoms with Crippen LogP contribution in [0.5, 0.6) is 5.75 Å². The number of rotatable bonds is 9. The summed E-state index contributed by atoms with van der Waals surface area (Å²) in [4.78, 5) is 46.5. The average molecular weight is 564 g/mol. The normalized spacial score (nSPS) is 16.7. The lowest BCUT2D eigenvalue weighted by Crippen LogP contribution is -2.47. The van der Waals surface area contributed by atoms with Gasteiger partial charge in [-0.05, 0) is 101 Å². The van der Waals surface area contributed by atoms with E-state index in [0.717, 1.165) is 11.3 Å². The van der Waals surface area contributed by atoms with Gasteiger partial charge in [-0.3, -0.25) is 19.4 Å². The van der Waals surface area contributed by atoms with Crippen LogP contribution in [0.4, 0.5) is 11.4 Å². The third kappa shape index (κ3) is 6.12. The third-order valence-corrected chi connectivity index (χ3v) is 7.65. The summed E-state index contributed by atoms with van der Waals surface area (Å²) in [6.07, 6.45) is 4.11. The molecule has 0 saturated heterocycles. The highest BCUT2D eigenvalue weighted by Gasteiger charge is 2.39. The van der Waals surface area contributed by atoms with Crippen molar-refractivity contribution in [2.45, 2.75) is 52.5 Å². The Morgan fingerprint density at radius 2 is 1.77 bits per heavy atom. The van der Waals surface area contributed by atoms with Crippen LogP contribution in [0.2, 0.25) is 5.02 Å². The zero-order chi connectivity index (χ0) is 29.0. The minimum absolute atomic E-state index is 0.0381. The van der Waals surface area contributed by atoms with Crippen molar-refractivity contribution < 1.29 is 24.2 Å². The van der Waals surface area contributed by atoms with E-state index >= 15 is 0 Å². The van der Waals surface area contributed by atoms with Crippen LogP contribution in [0.15, 0.2) is 67.0 Å². The molecular formula is C31H34ClN3O5. The number of carboxylic acid groups (broad SMARTS) is 1. The van der Waals surface area contributed by atoms with E-state index in [4.69, 9.17) is 16.3 Å². The molecular weight excluding hydrogens is 530 g/mol. The summed E-state index contributed by atoms with van der Waals surface area (Å²) in [5.41, 5.74) is 1.74. The molecule has 40 heavy (non-hydrogen) atoms. The number of hydrogen-bond acceptors (Lipinski definition) is 5. The van der Waals surface area contributed by atoms with Gasteiger partial charge < -0.3 is 19.6 Å². The first-order valence-corrected chi connectivity index (χ1v) is 13.7. The van der Waals surface area contributed by atoms with Crippen molar-refractivity contribution in [1.82, 2.24) is 4.98 Å². The number of halogens is 1. The number of benzene rings is 2. The van der Waals surface area contributed by atoms with E-state index in [0.29, 0.717) is 41.4 Å². The van der Waals surface area contributed by atoms with Gasteiger partial charge in [0, 0.05) is 35.1 Å². The molecule has 9 heteroatoms. The van der Waals surface area contributed by atoms with Gasteiger partial charge in [-0.2, -0.15) is 0 Å². The van der Waals surface area contributed by atoms with Crippen molar-refractivity contribution in [1.29, 1.82) is 0 Å². The van der Waals surface area contributed by atoms with Crippen molar-refractivity contribution in [3.63, 3.8) is 0 Å². The lowest BCUT2D eigenvalue weighted by atomic mass is 9.85. The zero-order valence-electron chi connectivity index (χ0n) is 23.1. The molecule has 0 fully saturated rings. The Kier molecular flexibility index (Phi) is 8.79. The molecule has 0 spiro atoms. The van der Waals surface area contributed by atoms with Gasteiger partial charge in [-0.25, -0.2) is 0 Å². The molecule has 2 aromatic carbocycles. The van der Waals surface area contributed by atoms with E-state index in [2.05, 4.69) is 4.98 Å². The predicted octanol–water partition coefficient (Wildman–Crippen LogP) is 6.19. The summed E-state index contributed by atoms with van der Waals surface area (Å²) in [5.74, 6) is -0.989. The summed E-state index contributed by atoms with van der Waals surface area (Å²) < 4.78 is 5.72. The SMILES string of the molecule is CCN(C(=O)[C@H]1C[C@H](C)N(C(=O)c2ccc(OCCC(C)(C)C(=O)O)cc2)c2cnccc21)c1ccc(Cl)cc1. The number of nitrogens with zero attached hydrogens (tertiary/aromatic N) is 3. The molecule has 0 unspecified atom stereocenters. The molecule has 2 heterocycles. The second-order valence-corrected chi connectivity index (χ2v) is 11.1. The van der Waals surface area contributed by atoms with Crippen LogP contribution < -0.4 is 14.5 Å². The second kappa shape index (κ2) is 12.1. The fraction of sp³-hybridized carbons (Fsp3) is 0.355. The number of carbonyl (C=O) groups excluding carboxylic acids is 2. The second-order valence-electron chi connectivity index (χ2n) is 10.6. The number of carbonyl (C=O) groups is 3. The number of aliphatic carboxylic acids is 1. The van der Waals surface area contributed by atoms with Crippen LogP contribution >= 0.6 is 11.6 Å². The number of aromatic nitrogens is 1. The Morgan fingerprint density at radius 1 is 1.10 bits per heavy atom. The minimum Gasteiger partial charge on any atom is -0.494 e. The first-order chi connectivity index (χ1) is 19.0. The molecule has 210 valence electrons. The van der Waals surface area contributed by atoms with Gasteiger partial charge in [-0.15, -0.1) is 0 Å². The first-order valence-electron chi connectivity index (χ1n) is 13.3. The number of ether oxygens (including phenoxy) is 1. The Morgan fingerprint density at radius 3 is 2.40 bits per heavy atom. The molecule has 1 N–H and O–H groups in total. The first kappa shape index (κ1) is 29.1. The minimum atomic E-state index is -0.885. The highest BCUT2D eigenvalue weighted by Crippen LogP contribution is 2.40. The molecule has 3 aromatic rings. The van der Waals surface area contributed by atoms with Crippen LogP contribution in [-0.4, -0.2) is 47.1 Å². The summed E-state index contributed by atoms with van der Waals surface area (Å²) in [6, 6.07) is 15.6. The summed E-state index contributed by atoms with van der Waals surface area (Å²) in [5, 5.41) is 9.87. The average Bonchev–Trinajstić information content (AvgIpc) is 2.94. The number of amides is 2. The molecule has 1 aromatic heterocycles. The van der Waals surface area contributed by atoms with Gasteiger partial charge in [0.25, 0.3) is 5.91 Å². The molecule has 1 aliphatic rings. The maximum absolute atomic E-state index is 13.8. The van der Waals surface area contributed by atoms with Crippen molar-refractivity contribution in [2.24, 2.45) is 5.41 Å². The van der Waals surface area contributed by atoms with Crippen molar-refractivity contribution in [3.05, 3.63) is 83.1 Å². The molecule has 0 saturated carbocycles. The van der Waals surface area contributed by atoms with Gasteiger partial charge in [0.2, 0.25) is 5.91 Å². The highest BCUT2D eigenvalue weighted by molar-refractivity contribution is 6.30. The topological polar surface area (TPSA) is 100 Å². The summed E-state index contributed by atoms with van der Waals surface area (Å²) in [7, 11) is 0. The standard InChI is InChI=1S/C31H34ClN3O5/c1-5-34(23-10-8-22(32)9-11-23)29(37)26-18-20(2)35(27-19-33-16-14-25(26)27)28(36)21-6-12-24(13-7-21)40-17-15-31(3,4)30(38)39/h6-14,16,19-20,26H,5,15,17-18H2,1-4H3,(H,38,39)/t20-,26-/m0/s1. The third-order valence-electron chi connectivity index (χ3n) is 7.40. The molecule has 1 aliphatic heterocycles. The molecule has 4 rings (SSSR count). The van der Waals surface area contributed by atoms with E-state index in [1.807, 2.05) is 32.0 Å². The molecule has 2 amide bonds. The van der Waals surface area contributed by atoms with Crippen LogP contribution in [0.3, 0.4) is 0 Å². The van der Waals surface area contributed by atoms with E-state index in [1.165, 1.54) is 0 Å². The van der Waals surface area contributed by atoms with Gasteiger partial charge in [0.15, 0.2) is 0 Å². The largest absolute Gasteiger partial charge is 0.494 e. The van der Waals surface area contributed by atoms with Gasteiger partial charge >= 0.3 is 5.97 Å². The number of carboxylic acids is 1. The van der Waals surface area contributed by atoms with Crippen molar-refractivity contribution >= 4 is 40.8 Å².